The quantitative estimate of drug-likeness (QED) is 0.652. The molecule has 0 atom stereocenters. The van der Waals surface area contributed by atoms with Crippen LogP contribution in [0.2, 0.25) is 0 Å². The number of hydrogen-bond donors (Lipinski definition) is 0. The number of piperidine rings is 1. The monoisotopic (exact) mass is 229 g/mol. The Balaban J connectivity index is 2.04. The van der Waals surface area contributed by atoms with Crippen LogP contribution in [0, 0.1) is 0 Å². The van der Waals surface area contributed by atoms with Crippen LogP contribution in [0.5, 0.6) is 0 Å². The lowest BCUT2D eigenvalue weighted by molar-refractivity contribution is -0.0364. The maximum Gasteiger partial charge on any atom is 0.0704 e. The molecule has 1 saturated heterocycles. The van der Waals surface area contributed by atoms with E-state index in [1.807, 2.05) is 0 Å². The number of nitrogens with zero attached hydrogens (tertiary/aromatic N) is 1. The number of rotatable bonds is 6. The molecule has 0 aromatic carbocycles. The smallest absolute Gasteiger partial charge is 0.0704 e. The van der Waals surface area contributed by atoms with E-state index in [1.165, 1.54) is 25.9 Å². The summed E-state index contributed by atoms with van der Waals surface area (Å²) >= 11 is 0. The third kappa shape index (κ3) is 5.28. The van der Waals surface area contributed by atoms with Gasteiger partial charge in [0.1, 0.15) is 0 Å². The fraction of sp³-hybridized carbons (Fsp3) is 1.00. The van der Waals surface area contributed by atoms with E-state index in [2.05, 4.69) is 32.6 Å². The Morgan fingerprint density at radius 3 is 2.19 bits per heavy atom. The summed E-state index contributed by atoms with van der Waals surface area (Å²) < 4.78 is 11.3. The molecule has 0 spiro atoms. The first-order valence-corrected chi connectivity index (χ1v) is 6.57. The summed E-state index contributed by atoms with van der Waals surface area (Å²) in [4.78, 5) is 2.52. The van der Waals surface area contributed by atoms with Crippen LogP contribution >= 0.6 is 0 Å². The molecular weight excluding hydrogens is 202 g/mol. The van der Waals surface area contributed by atoms with Crippen LogP contribution < -0.4 is 0 Å². The van der Waals surface area contributed by atoms with E-state index in [0.29, 0.717) is 18.2 Å². The first kappa shape index (κ1) is 13.9. The van der Waals surface area contributed by atoms with Crippen molar-refractivity contribution in [3.8, 4) is 0 Å². The largest absolute Gasteiger partial charge is 0.376 e. The standard InChI is InChI=1S/C13H27NO2/c1-11(2)14-7-5-13(6-8-14)16-10-9-15-12(3)4/h11-13H,5-10H2,1-4H3. The molecule has 1 aliphatic rings. The summed E-state index contributed by atoms with van der Waals surface area (Å²) in [6.45, 7) is 12.4. The van der Waals surface area contributed by atoms with Gasteiger partial charge in [-0.2, -0.15) is 0 Å². The van der Waals surface area contributed by atoms with Gasteiger partial charge in [-0.05, 0) is 40.5 Å². The van der Waals surface area contributed by atoms with Crippen molar-refractivity contribution in [3.05, 3.63) is 0 Å². The van der Waals surface area contributed by atoms with Crippen LogP contribution in [-0.4, -0.2) is 49.5 Å². The van der Waals surface area contributed by atoms with E-state index in [0.717, 1.165) is 13.2 Å². The minimum absolute atomic E-state index is 0.311. The van der Waals surface area contributed by atoms with Gasteiger partial charge >= 0.3 is 0 Å². The summed E-state index contributed by atoms with van der Waals surface area (Å²) in [5.41, 5.74) is 0. The second-order valence-electron chi connectivity index (χ2n) is 5.12. The van der Waals surface area contributed by atoms with Gasteiger partial charge in [0.25, 0.3) is 0 Å². The average molecular weight is 229 g/mol. The molecule has 0 N–H and O–H groups in total. The number of likely N-dealkylation sites (tertiary alicyclic amines) is 1. The molecule has 3 nitrogen and oxygen atoms in total. The van der Waals surface area contributed by atoms with Crippen LogP contribution in [0.4, 0.5) is 0 Å². The summed E-state index contributed by atoms with van der Waals surface area (Å²) in [7, 11) is 0. The van der Waals surface area contributed by atoms with E-state index >= 15 is 0 Å². The molecule has 1 aliphatic heterocycles. The van der Waals surface area contributed by atoms with Crippen LogP contribution in [-0.2, 0) is 9.47 Å². The summed E-state index contributed by atoms with van der Waals surface area (Å²) in [6.07, 6.45) is 3.09. The van der Waals surface area contributed by atoms with Crippen LogP contribution in [0.15, 0.2) is 0 Å². The Hall–Kier alpha value is -0.120. The van der Waals surface area contributed by atoms with Crippen LogP contribution in [0.1, 0.15) is 40.5 Å². The molecule has 0 aromatic heterocycles. The third-order valence-electron chi connectivity index (χ3n) is 3.09. The molecule has 1 fully saturated rings. The lowest BCUT2D eigenvalue weighted by atomic mass is 10.1. The van der Waals surface area contributed by atoms with Crippen molar-refractivity contribution in [3.63, 3.8) is 0 Å². The Labute approximate surface area is 100 Å². The molecule has 1 rings (SSSR count). The van der Waals surface area contributed by atoms with E-state index in [1.54, 1.807) is 0 Å². The van der Waals surface area contributed by atoms with Gasteiger partial charge in [-0.3, -0.25) is 0 Å². The van der Waals surface area contributed by atoms with Crippen molar-refractivity contribution in [2.75, 3.05) is 26.3 Å². The molecule has 96 valence electrons. The average Bonchev–Trinajstić information content (AvgIpc) is 2.25. The molecule has 0 aliphatic carbocycles. The maximum atomic E-state index is 5.81. The highest BCUT2D eigenvalue weighted by Gasteiger charge is 2.20. The zero-order chi connectivity index (χ0) is 12.0. The van der Waals surface area contributed by atoms with Crippen LogP contribution in [0.25, 0.3) is 0 Å². The van der Waals surface area contributed by atoms with Crippen LogP contribution in [0.3, 0.4) is 0 Å². The highest BCUT2D eigenvalue weighted by Crippen LogP contribution is 2.15. The normalized spacial score (nSPS) is 19.9. The van der Waals surface area contributed by atoms with Crippen molar-refractivity contribution < 1.29 is 9.47 Å². The van der Waals surface area contributed by atoms with Crippen molar-refractivity contribution in [1.82, 2.24) is 4.90 Å². The molecule has 0 amide bonds. The Morgan fingerprint density at radius 2 is 1.69 bits per heavy atom. The minimum atomic E-state index is 0.311. The summed E-state index contributed by atoms with van der Waals surface area (Å²) in [5.74, 6) is 0. The van der Waals surface area contributed by atoms with Crippen molar-refractivity contribution in [2.24, 2.45) is 0 Å². The molecule has 0 radical (unpaired) electrons. The van der Waals surface area contributed by atoms with Crippen molar-refractivity contribution in [1.29, 1.82) is 0 Å². The first-order chi connectivity index (χ1) is 7.59. The zero-order valence-corrected chi connectivity index (χ0v) is 11.2. The lowest BCUT2D eigenvalue weighted by Gasteiger charge is -2.34. The van der Waals surface area contributed by atoms with E-state index in [9.17, 15) is 0 Å². The van der Waals surface area contributed by atoms with Gasteiger partial charge in [0.05, 0.1) is 25.4 Å². The second kappa shape index (κ2) is 7.25. The van der Waals surface area contributed by atoms with Gasteiger partial charge in [0.2, 0.25) is 0 Å². The highest BCUT2D eigenvalue weighted by atomic mass is 16.5. The van der Waals surface area contributed by atoms with Crippen molar-refractivity contribution >= 4 is 0 Å². The third-order valence-corrected chi connectivity index (χ3v) is 3.09. The zero-order valence-electron chi connectivity index (χ0n) is 11.2. The Morgan fingerprint density at radius 1 is 1.06 bits per heavy atom. The maximum absolute atomic E-state index is 5.81. The molecule has 16 heavy (non-hydrogen) atoms. The molecule has 3 heteroatoms. The van der Waals surface area contributed by atoms with Gasteiger partial charge in [-0.1, -0.05) is 0 Å². The number of hydrogen-bond acceptors (Lipinski definition) is 3. The molecule has 0 saturated carbocycles. The lowest BCUT2D eigenvalue weighted by Crippen LogP contribution is -2.41. The fourth-order valence-corrected chi connectivity index (χ4v) is 2.06. The summed E-state index contributed by atoms with van der Waals surface area (Å²) in [5, 5.41) is 0. The molecule has 0 bridgehead atoms. The van der Waals surface area contributed by atoms with E-state index in [-0.39, 0.29) is 0 Å². The fourth-order valence-electron chi connectivity index (χ4n) is 2.06. The minimum Gasteiger partial charge on any atom is -0.376 e. The van der Waals surface area contributed by atoms with E-state index in [4.69, 9.17) is 9.47 Å². The van der Waals surface area contributed by atoms with Gasteiger partial charge in [-0.25, -0.2) is 0 Å². The SMILES string of the molecule is CC(C)OCCOC1CCN(C(C)C)CC1. The predicted octanol–water partition coefficient (Wildman–Crippen LogP) is 2.30. The van der Waals surface area contributed by atoms with Gasteiger partial charge < -0.3 is 14.4 Å². The van der Waals surface area contributed by atoms with Gasteiger partial charge in [0, 0.05) is 19.1 Å². The Bertz CT molecular complexity index is 175. The highest BCUT2D eigenvalue weighted by molar-refractivity contribution is 4.74. The van der Waals surface area contributed by atoms with Gasteiger partial charge in [-0.15, -0.1) is 0 Å². The molecule has 1 heterocycles. The first-order valence-electron chi connectivity index (χ1n) is 6.57. The topological polar surface area (TPSA) is 21.7 Å². The molecule has 0 aromatic rings. The molecule has 0 unspecified atom stereocenters. The predicted molar refractivity (Wildman–Crippen MR) is 66.8 cm³/mol. The second-order valence-corrected chi connectivity index (χ2v) is 5.12. The number of ether oxygens (including phenoxy) is 2. The Kier molecular flexibility index (Phi) is 6.32. The summed E-state index contributed by atoms with van der Waals surface area (Å²) in [6, 6.07) is 0.672. The van der Waals surface area contributed by atoms with Gasteiger partial charge in [0.15, 0.2) is 0 Å². The molecular formula is C13H27NO2. The van der Waals surface area contributed by atoms with E-state index < -0.39 is 0 Å². The van der Waals surface area contributed by atoms with Crippen molar-refractivity contribution in [2.45, 2.75) is 58.8 Å².